The maximum Gasteiger partial charge on any atom is 0.255 e. The fourth-order valence-electron chi connectivity index (χ4n) is 2.29. The Kier molecular flexibility index (Phi) is 4.44. The van der Waals surface area contributed by atoms with E-state index >= 15 is 0 Å². The smallest absolute Gasteiger partial charge is 0.255 e. The fourth-order valence-corrected chi connectivity index (χ4v) is 2.47. The van der Waals surface area contributed by atoms with Crippen LogP contribution in [-0.4, -0.2) is 15.5 Å². The summed E-state index contributed by atoms with van der Waals surface area (Å²) < 4.78 is 2.05. The van der Waals surface area contributed by atoms with E-state index in [1.54, 1.807) is 18.3 Å². The molecular formula is C18H16ClN3O. The van der Waals surface area contributed by atoms with Gasteiger partial charge < -0.3 is 9.88 Å². The van der Waals surface area contributed by atoms with Crippen LogP contribution in [-0.2, 0) is 6.54 Å². The summed E-state index contributed by atoms with van der Waals surface area (Å²) in [5.74, 6) is 0.786. The molecule has 0 aliphatic carbocycles. The van der Waals surface area contributed by atoms with Crippen LogP contribution in [0, 0.1) is 6.92 Å². The van der Waals surface area contributed by atoms with Gasteiger partial charge in [-0.2, -0.15) is 0 Å². The van der Waals surface area contributed by atoms with Crippen molar-refractivity contribution >= 4 is 23.2 Å². The number of nitrogens with zero attached hydrogens (tertiary/aromatic N) is 2. The molecule has 1 amide bonds. The number of rotatable bonds is 4. The number of aryl methyl sites for hydroxylation is 1. The molecule has 1 N–H and O–H groups in total. The van der Waals surface area contributed by atoms with Crippen molar-refractivity contribution in [2.24, 2.45) is 0 Å². The van der Waals surface area contributed by atoms with Gasteiger partial charge in [0.05, 0.1) is 10.7 Å². The zero-order valence-electron chi connectivity index (χ0n) is 12.7. The van der Waals surface area contributed by atoms with Crippen molar-refractivity contribution in [1.82, 2.24) is 9.55 Å². The predicted molar refractivity (Wildman–Crippen MR) is 91.9 cm³/mol. The monoisotopic (exact) mass is 325 g/mol. The topological polar surface area (TPSA) is 46.9 Å². The molecule has 1 heterocycles. The third-order valence-electron chi connectivity index (χ3n) is 3.61. The second-order valence-electron chi connectivity index (χ2n) is 5.23. The number of amides is 1. The van der Waals surface area contributed by atoms with Crippen molar-refractivity contribution in [1.29, 1.82) is 0 Å². The molecule has 116 valence electrons. The van der Waals surface area contributed by atoms with Crippen LogP contribution in [0.4, 0.5) is 5.69 Å². The van der Waals surface area contributed by atoms with E-state index < -0.39 is 0 Å². The number of anilines is 1. The number of para-hydroxylation sites is 1. The number of imidazole rings is 1. The van der Waals surface area contributed by atoms with Gasteiger partial charge in [-0.15, -0.1) is 0 Å². The van der Waals surface area contributed by atoms with Crippen LogP contribution >= 0.6 is 11.6 Å². The van der Waals surface area contributed by atoms with Crippen LogP contribution in [0.3, 0.4) is 0 Å². The van der Waals surface area contributed by atoms with Crippen LogP contribution in [0.25, 0.3) is 0 Å². The Bertz CT molecular complexity index is 824. The lowest BCUT2D eigenvalue weighted by Gasteiger charge is -2.08. The van der Waals surface area contributed by atoms with Crippen LogP contribution < -0.4 is 5.32 Å². The van der Waals surface area contributed by atoms with E-state index in [0.29, 0.717) is 16.3 Å². The van der Waals surface area contributed by atoms with Gasteiger partial charge in [-0.1, -0.05) is 35.9 Å². The highest BCUT2D eigenvalue weighted by Gasteiger charge is 2.08. The molecule has 0 aliphatic heterocycles. The highest BCUT2D eigenvalue weighted by molar-refractivity contribution is 6.33. The van der Waals surface area contributed by atoms with Crippen molar-refractivity contribution in [3.8, 4) is 0 Å². The zero-order valence-corrected chi connectivity index (χ0v) is 13.4. The largest absolute Gasteiger partial charge is 0.331 e. The molecule has 0 aliphatic rings. The van der Waals surface area contributed by atoms with Gasteiger partial charge in [0.25, 0.3) is 5.91 Å². The SMILES string of the molecule is Cc1nccn1Cc1ccc(C(=O)Nc2ccccc2Cl)cc1. The minimum atomic E-state index is -0.177. The summed E-state index contributed by atoms with van der Waals surface area (Å²) in [5.41, 5.74) is 2.31. The Hall–Kier alpha value is -2.59. The van der Waals surface area contributed by atoms with Crippen molar-refractivity contribution in [3.05, 3.63) is 82.9 Å². The van der Waals surface area contributed by atoms with E-state index in [9.17, 15) is 4.79 Å². The Balaban J connectivity index is 1.70. The lowest BCUT2D eigenvalue weighted by molar-refractivity contribution is 0.102. The third-order valence-corrected chi connectivity index (χ3v) is 3.94. The van der Waals surface area contributed by atoms with Crippen LogP contribution in [0.15, 0.2) is 60.9 Å². The molecule has 0 atom stereocenters. The van der Waals surface area contributed by atoms with Crippen LogP contribution in [0.1, 0.15) is 21.7 Å². The molecule has 0 bridgehead atoms. The van der Waals surface area contributed by atoms with Gasteiger partial charge in [0.15, 0.2) is 0 Å². The number of hydrogen-bond donors (Lipinski definition) is 1. The van der Waals surface area contributed by atoms with E-state index in [-0.39, 0.29) is 5.91 Å². The normalized spacial score (nSPS) is 10.5. The van der Waals surface area contributed by atoms with Crippen molar-refractivity contribution in [2.45, 2.75) is 13.5 Å². The molecule has 3 aromatic rings. The molecular weight excluding hydrogens is 310 g/mol. The maximum atomic E-state index is 12.3. The molecule has 2 aromatic carbocycles. The van der Waals surface area contributed by atoms with Gasteiger partial charge in [0.2, 0.25) is 0 Å². The minimum absolute atomic E-state index is 0.177. The molecule has 0 radical (unpaired) electrons. The molecule has 0 spiro atoms. The Morgan fingerprint density at radius 2 is 1.91 bits per heavy atom. The number of aromatic nitrogens is 2. The van der Waals surface area contributed by atoms with Crippen LogP contribution in [0.5, 0.6) is 0 Å². The molecule has 0 fully saturated rings. The van der Waals surface area contributed by atoms with E-state index in [4.69, 9.17) is 11.6 Å². The second-order valence-corrected chi connectivity index (χ2v) is 5.64. The second kappa shape index (κ2) is 6.67. The average Bonchev–Trinajstić information content (AvgIpc) is 2.95. The summed E-state index contributed by atoms with van der Waals surface area (Å²) in [6.07, 6.45) is 3.72. The van der Waals surface area contributed by atoms with E-state index in [0.717, 1.165) is 17.9 Å². The molecule has 1 aromatic heterocycles. The Labute approximate surface area is 139 Å². The fraction of sp³-hybridized carbons (Fsp3) is 0.111. The minimum Gasteiger partial charge on any atom is -0.331 e. The van der Waals surface area contributed by atoms with Crippen molar-refractivity contribution < 1.29 is 4.79 Å². The molecule has 0 unspecified atom stereocenters. The molecule has 4 nitrogen and oxygen atoms in total. The first-order chi connectivity index (χ1) is 11.1. The van der Waals surface area contributed by atoms with Gasteiger partial charge in [0.1, 0.15) is 5.82 Å². The zero-order chi connectivity index (χ0) is 16.2. The summed E-state index contributed by atoms with van der Waals surface area (Å²) in [7, 11) is 0. The first-order valence-corrected chi connectivity index (χ1v) is 7.64. The lowest BCUT2D eigenvalue weighted by Crippen LogP contribution is -2.12. The summed E-state index contributed by atoms with van der Waals surface area (Å²) in [4.78, 5) is 16.5. The Morgan fingerprint density at radius 1 is 1.17 bits per heavy atom. The summed E-state index contributed by atoms with van der Waals surface area (Å²) in [5, 5.41) is 3.34. The van der Waals surface area contributed by atoms with Gasteiger partial charge in [-0.05, 0) is 36.8 Å². The Morgan fingerprint density at radius 3 is 2.57 bits per heavy atom. The number of carbonyl (C=O) groups is 1. The van der Waals surface area contributed by atoms with E-state index in [1.165, 1.54) is 0 Å². The number of halogens is 1. The van der Waals surface area contributed by atoms with Crippen LogP contribution in [0.2, 0.25) is 5.02 Å². The molecule has 5 heteroatoms. The molecule has 23 heavy (non-hydrogen) atoms. The number of nitrogens with one attached hydrogen (secondary N) is 1. The summed E-state index contributed by atoms with van der Waals surface area (Å²) in [6, 6.07) is 14.7. The van der Waals surface area contributed by atoms with E-state index in [2.05, 4.69) is 14.9 Å². The van der Waals surface area contributed by atoms with Crippen molar-refractivity contribution in [2.75, 3.05) is 5.32 Å². The standard InChI is InChI=1S/C18H16ClN3O/c1-13-20-10-11-22(13)12-14-6-8-15(9-7-14)18(23)21-17-5-3-2-4-16(17)19/h2-11H,12H2,1H3,(H,21,23). The van der Waals surface area contributed by atoms with Gasteiger partial charge in [-0.25, -0.2) is 4.98 Å². The third kappa shape index (κ3) is 3.60. The highest BCUT2D eigenvalue weighted by atomic mass is 35.5. The first-order valence-electron chi connectivity index (χ1n) is 7.26. The first kappa shape index (κ1) is 15.3. The lowest BCUT2D eigenvalue weighted by atomic mass is 10.1. The quantitative estimate of drug-likeness (QED) is 0.783. The molecule has 0 saturated carbocycles. The maximum absolute atomic E-state index is 12.3. The predicted octanol–water partition coefficient (Wildman–Crippen LogP) is 4.15. The molecule has 0 saturated heterocycles. The highest BCUT2D eigenvalue weighted by Crippen LogP contribution is 2.21. The number of benzene rings is 2. The van der Waals surface area contributed by atoms with Crippen molar-refractivity contribution in [3.63, 3.8) is 0 Å². The molecule has 3 rings (SSSR count). The number of carbonyl (C=O) groups excluding carboxylic acids is 1. The summed E-state index contributed by atoms with van der Waals surface area (Å²) >= 11 is 6.05. The van der Waals surface area contributed by atoms with Gasteiger partial charge >= 0.3 is 0 Å². The van der Waals surface area contributed by atoms with Gasteiger partial charge in [0, 0.05) is 24.5 Å². The summed E-state index contributed by atoms with van der Waals surface area (Å²) in [6.45, 7) is 2.70. The average molecular weight is 326 g/mol. The van der Waals surface area contributed by atoms with E-state index in [1.807, 2.05) is 49.5 Å². The van der Waals surface area contributed by atoms with Gasteiger partial charge in [-0.3, -0.25) is 4.79 Å². The number of hydrogen-bond acceptors (Lipinski definition) is 2.